The molecule has 0 saturated carbocycles. The Balaban J connectivity index is 0.000000321. The average Bonchev–Trinajstić information content (AvgIpc) is 2.40. The minimum absolute atomic E-state index is 0.0347. The fourth-order valence-electron chi connectivity index (χ4n) is 1.46. The molecule has 102 valence electrons. The van der Waals surface area contributed by atoms with Gasteiger partial charge in [-0.3, -0.25) is 4.79 Å². The van der Waals surface area contributed by atoms with Gasteiger partial charge in [-0.2, -0.15) is 0 Å². The summed E-state index contributed by atoms with van der Waals surface area (Å²) in [5, 5.41) is 10.1. The van der Waals surface area contributed by atoms with E-state index in [0.29, 0.717) is 11.8 Å². The van der Waals surface area contributed by atoms with Crippen LogP contribution in [0.4, 0.5) is 0 Å². The number of hydrogen-bond acceptors (Lipinski definition) is 2. The summed E-state index contributed by atoms with van der Waals surface area (Å²) in [6.45, 7) is 2.25. The lowest BCUT2D eigenvalue weighted by Gasteiger charge is -1.95. The highest BCUT2D eigenvalue weighted by Gasteiger charge is 1.93. The molecule has 0 radical (unpaired) electrons. The number of carbonyl (C=O) groups excluding carboxylic acids is 1. The maximum absolute atomic E-state index is 10.1. The highest BCUT2D eigenvalue weighted by Crippen LogP contribution is 2.11. The van der Waals surface area contributed by atoms with E-state index in [4.69, 9.17) is 5.11 Å². The van der Waals surface area contributed by atoms with Gasteiger partial charge >= 0.3 is 0 Å². The molecular weight excluding hydrogens is 292 g/mol. The molecule has 0 aliphatic carbocycles. The molecule has 2 nitrogen and oxygen atoms in total. The Hall–Kier alpha value is -0.830. The maximum atomic E-state index is 10.1. The summed E-state index contributed by atoms with van der Waals surface area (Å²) in [6.07, 6.45) is 9.02. The summed E-state index contributed by atoms with van der Waals surface area (Å²) in [7, 11) is 0. The van der Waals surface area contributed by atoms with Crippen molar-refractivity contribution in [1.29, 1.82) is 0 Å². The van der Waals surface area contributed by atoms with E-state index in [-0.39, 0.29) is 5.75 Å². The van der Waals surface area contributed by atoms with Crippen molar-refractivity contribution in [2.75, 3.05) is 5.33 Å². The predicted octanol–water partition coefficient (Wildman–Crippen LogP) is 4.95. The highest BCUT2D eigenvalue weighted by atomic mass is 79.9. The van der Waals surface area contributed by atoms with Crippen molar-refractivity contribution in [1.82, 2.24) is 0 Å². The Kier molecular flexibility index (Phi) is 12.0. The van der Waals surface area contributed by atoms with E-state index in [9.17, 15) is 4.79 Å². The molecule has 1 rings (SSSR count). The zero-order chi connectivity index (χ0) is 13.6. The maximum Gasteiger partial charge on any atom is 0.153 e. The van der Waals surface area contributed by atoms with E-state index in [1.807, 2.05) is 0 Å². The van der Waals surface area contributed by atoms with E-state index >= 15 is 0 Å². The first-order chi connectivity index (χ1) is 8.76. The third-order valence-corrected chi connectivity index (χ3v) is 3.11. The quantitative estimate of drug-likeness (QED) is 0.439. The van der Waals surface area contributed by atoms with Crippen molar-refractivity contribution in [3.05, 3.63) is 29.8 Å². The number of aromatic hydroxyl groups is 1. The second kappa shape index (κ2) is 12.6. The van der Waals surface area contributed by atoms with Crippen LogP contribution in [0.5, 0.6) is 5.75 Å². The average molecular weight is 315 g/mol. The van der Waals surface area contributed by atoms with Crippen molar-refractivity contribution >= 4 is 22.2 Å². The van der Waals surface area contributed by atoms with E-state index in [1.54, 1.807) is 18.2 Å². The first kappa shape index (κ1) is 17.2. The van der Waals surface area contributed by atoms with Gasteiger partial charge in [-0.25, -0.2) is 0 Å². The number of carbonyl (C=O) groups is 1. The van der Waals surface area contributed by atoms with E-state index in [2.05, 4.69) is 22.9 Å². The number of phenolic OH excluding ortho intramolecular Hbond substituents is 1. The van der Waals surface area contributed by atoms with Gasteiger partial charge in [0, 0.05) is 5.33 Å². The van der Waals surface area contributed by atoms with Gasteiger partial charge in [-0.05, 0) is 18.6 Å². The standard InChI is InChI=1S/C8H17Br.C7H6O2/c1-2-3-4-5-6-7-8-9;8-5-6-3-1-2-4-7(6)9/h2-8H2,1H3;1-5,9H. The molecule has 0 aliphatic rings. The molecular formula is C15H23BrO2. The van der Waals surface area contributed by atoms with Crippen LogP contribution >= 0.6 is 15.9 Å². The van der Waals surface area contributed by atoms with Gasteiger partial charge in [0.1, 0.15) is 5.75 Å². The van der Waals surface area contributed by atoms with E-state index < -0.39 is 0 Å². The Morgan fingerprint density at radius 2 is 1.72 bits per heavy atom. The van der Waals surface area contributed by atoms with E-state index in [1.165, 1.54) is 49.9 Å². The van der Waals surface area contributed by atoms with Crippen LogP contribution in [0.1, 0.15) is 55.8 Å². The second-order valence-corrected chi connectivity index (χ2v) is 4.93. The number of rotatable bonds is 7. The van der Waals surface area contributed by atoms with Crippen LogP contribution in [-0.2, 0) is 0 Å². The van der Waals surface area contributed by atoms with Gasteiger partial charge in [-0.1, -0.05) is 67.1 Å². The van der Waals surface area contributed by atoms with Crippen LogP contribution in [-0.4, -0.2) is 16.7 Å². The third-order valence-electron chi connectivity index (χ3n) is 2.55. The van der Waals surface area contributed by atoms with Crippen molar-refractivity contribution < 1.29 is 9.90 Å². The zero-order valence-corrected chi connectivity index (χ0v) is 12.7. The minimum Gasteiger partial charge on any atom is -0.507 e. The number of hydrogen-bond donors (Lipinski definition) is 1. The Morgan fingerprint density at radius 3 is 2.22 bits per heavy atom. The molecule has 1 aromatic rings. The summed E-state index contributed by atoms with van der Waals surface area (Å²) in [6, 6.07) is 6.40. The van der Waals surface area contributed by atoms with Crippen LogP contribution in [0, 0.1) is 0 Å². The monoisotopic (exact) mass is 314 g/mol. The number of halogens is 1. The van der Waals surface area contributed by atoms with Crippen LogP contribution < -0.4 is 0 Å². The van der Waals surface area contributed by atoms with Gasteiger partial charge in [0.05, 0.1) is 5.56 Å². The molecule has 0 atom stereocenters. The molecule has 1 N–H and O–H groups in total. The minimum atomic E-state index is 0.0347. The molecule has 0 aromatic heterocycles. The van der Waals surface area contributed by atoms with Gasteiger partial charge in [0.2, 0.25) is 0 Å². The molecule has 1 aromatic carbocycles. The molecule has 0 unspecified atom stereocenters. The molecule has 0 amide bonds. The summed E-state index contributed by atoms with van der Waals surface area (Å²) in [5.41, 5.74) is 0.331. The third kappa shape index (κ3) is 9.23. The number of phenols is 1. The highest BCUT2D eigenvalue weighted by molar-refractivity contribution is 9.09. The number of benzene rings is 1. The summed E-state index contributed by atoms with van der Waals surface area (Å²) < 4.78 is 0. The molecule has 3 heteroatoms. The number of unbranched alkanes of at least 4 members (excludes halogenated alkanes) is 5. The zero-order valence-electron chi connectivity index (χ0n) is 11.1. The smallest absolute Gasteiger partial charge is 0.153 e. The lowest BCUT2D eigenvalue weighted by atomic mass is 10.1. The Labute approximate surface area is 119 Å². The number of para-hydroxylation sites is 1. The summed E-state index contributed by atoms with van der Waals surface area (Å²) >= 11 is 3.42. The van der Waals surface area contributed by atoms with Crippen LogP contribution in [0.15, 0.2) is 24.3 Å². The molecule has 0 saturated heterocycles. The molecule has 18 heavy (non-hydrogen) atoms. The van der Waals surface area contributed by atoms with Gasteiger partial charge in [0.15, 0.2) is 6.29 Å². The summed E-state index contributed by atoms with van der Waals surface area (Å²) in [5.74, 6) is 0.0347. The van der Waals surface area contributed by atoms with Gasteiger partial charge in [-0.15, -0.1) is 0 Å². The SMILES string of the molecule is CCCCCCCCBr.O=Cc1ccccc1O. The number of alkyl halides is 1. The molecule has 0 aliphatic heterocycles. The summed E-state index contributed by atoms with van der Waals surface area (Å²) in [4.78, 5) is 10.1. The first-order valence-corrected chi connectivity index (χ1v) is 7.67. The first-order valence-electron chi connectivity index (χ1n) is 6.55. The number of aldehydes is 1. The fourth-order valence-corrected chi connectivity index (χ4v) is 1.86. The van der Waals surface area contributed by atoms with Crippen molar-refractivity contribution in [3.63, 3.8) is 0 Å². The van der Waals surface area contributed by atoms with Gasteiger partial charge < -0.3 is 5.11 Å². The Morgan fingerprint density at radius 1 is 1.11 bits per heavy atom. The molecule has 0 bridgehead atoms. The van der Waals surface area contributed by atoms with Gasteiger partial charge in [0.25, 0.3) is 0 Å². The van der Waals surface area contributed by atoms with Crippen molar-refractivity contribution in [3.8, 4) is 5.75 Å². The van der Waals surface area contributed by atoms with Crippen molar-refractivity contribution in [2.45, 2.75) is 45.4 Å². The topological polar surface area (TPSA) is 37.3 Å². The van der Waals surface area contributed by atoms with Crippen LogP contribution in [0.3, 0.4) is 0 Å². The lowest BCUT2D eigenvalue weighted by molar-refractivity contribution is 0.112. The van der Waals surface area contributed by atoms with Crippen LogP contribution in [0.2, 0.25) is 0 Å². The molecule has 0 spiro atoms. The largest absolute Gasteiger partial charge is 0.507 e. The fraction of sp³-hybridized carbons (Fsp3) is 0.533. The van der Waals surface area contributed by atoms with E-state index in [0.717, 1.165) is 0 Å². The Bertz CT molecular complexity index is 307. The second-order valence-electron chi connectivity index (χ2n) is 4.13. The predicted molar refractivity (Wildman–Crippen MR) is 80.7 cm³/mol. The van der Waals surface area contributed by atoms with Crippen molar-refractivity contribution in [2.24, 2.45) is 0 Å². The normalized spacial score (nSPS) is 9.44. The lowest BCUT2D eigenvalue weighted by Crippen LogP contribution is -1.78. The molecule has 0 heterocycles. The molecule has 0 fully saturated rings. The van der Waals surface area contributed by atoms with Crippen LogP contribution in [0.25, 0.3) is 0 Å².